The van der Waals surface area contributed by atoms with Crippen LogP contribution in [-0.4, -0.2) is 40.7 Å². The minimum atomic E-state index is -4.68. The highest BCUT2D eigenvalue weighted by atomic mass is 32.2. The molecular formula is C19H21F3N8O2S. The molecule has 33 heavy (non-hydrogen) atoms. The lowest BCUT2D eigenvalue weighted by atomic mass is 10.0. The number of anilines is 3. The van der Waals surface area contributed by atoms with Crippen molar-refractivity contribution < 1.29 is 22.8 Å². The van der Waals surface area contributed by atoms with Crippen molar-refractivity contribution in [2.24, 2.45) is 11.5 Å². The maximum atomic E-state index is 13.4. The SMILES string of the molecule is CSc1nc(N)nc(N(c2cccc(C(F)(F)F)c2)[C@@H](CCCN)C(=O)NC(N)=O)c1C#N. The smallest absolute Gasteiger partial charge is 0.368 e. The van der Waals surface area contributed by atoms with Gasteiger partial charge in [-0.05, 0) is 43.8 Å². The molecule has 0 aliphatic carbocycles. The average molecular weight is 482 g/mol. The van der Waals surface area contributed by atoms with E-state index in [1.807, 2.05) is 11.4 Å². The number of hydrogen-bond donors (Lipinski definition) is 4. The molecule has 1 heterocycles. The van der Waals surface area contributed by atoms with Crippen LogP contribution in [0.15, 0.2) is 29.3 Å². The number of hydrogen-bond acceptors (Lipinski definition) is 9. The predicted octanol–water partition coefficient (Wildman–Crippen LogP) is 2.11. The zero-order valence-corrected chi connectivity index (χ0v) is 18.2. The zero-order valence-electron chi connectivity index (χ0n) is 17.4. The van der Waals surface area contributed by atoms with Crippen molar-refractivity contribution in [3.63, 3.8) is 0 Å². The van der Waals surface area contributed by atoms with Crippen LogP contribution in [0.2, 0.25) is 0 Å². The highest BCUT2D eigenvalue weighted by molar-refractivity contribution is 7.98. The van der Waals surface area contributed by atoms with Gasteiger partial charge in [-0.15, -0.1) is 11.8 Å². The van der Waals surface area contributed by atoms with Gasteiger partial charge < -0.3 is 22.1 Å². The van der Waals surface area contributed by atoms with Gasteiger partial charge in [0.05, 0.1) is 5.56 Å². The maximum absolute atomic E-state index is 13.4. The van der Waals surface area contributed by atoms with Crippen molar-refractivity contribution in [2.75, 3.05) is 23.4 Å². The summed E-state index contributed by atoms with van der Waals surface area (Å²) in [5, 5.41) is 11.8. The summed E-state index contributed by atoms with van der Waals surface area (Å²) in [5.74, 6) is -1.38. The van der Waals surface area contributed by atoms with E-state index in [0.717, 1.165) is 34.9 Å². The van der Waals surface area contributed by atoms with Gasteiger partial charge in [0.2, 0.25) is 5.95 Å². The number of nitriles is 1. The Balaban J connectivity index is 2.85. The van der Waals surface area contributed by atoms with E-state index in [9.17, 15) is 28.0 Å². The Morgan fingerprint density at radius 1 is 1.33 bits per heavy atom. The van der Waals surface area contributed by atoms with Crippen LogP contribution in [0.4, 0.5) is 35.4 Å². The molecule has 0 fully saturated rings. The molecule has 176 valence electrons. The third kappa shape index (κ3) is 6.24. The number of carbonyl (C=O) groups excluding carboxylic acids is 2. The third-order valence-corrected chi connectivity index (χ3v) is 5.08. The van der Waals surface area contributed by atoms with Gasteiger partial charge in [-0.3, -0.25) is 10.1 Å². The first-order valence-corrected chi connectivity index (χ1v) is 10.6. The molecule has 3 amide bonds. The number of amides is 3. The largest absolute Gasteiger partial charge is 0.416 e. The number of nitrogens with one attached hydrogen (secondary N) is 1. The van der Waals surface area contributed by atoms with E-state index < -0.39 is 29.7 Å². The molecule has 0 aliphatic heterocycles. The van der Waals surface area contributed by atoms with Crippen LogP contribution in [0.25, 0.3) is 0 Å². The number of benzene rings is 1. The van der Waals surface area contributed by atoms with Gasteiger partial charge in [0, 0.05) is 5.69 Å². The average Bonchev–Trinajstić information content (AvgIpc) is 2.74. The normalized spacial score (nSPS) is 12.0. The van der Waals surface area contributed by atoms with Crippen LogP contribution in [0, 0.1) is 11.3 Å². The summed E-state index contributed by atoms with van der Waals surface area (Å²) in [4.78, 5) is 33.4. The number of nitrogen functional groups attached to an aromatic ring is 1. The van der Waals surface area contributed by atoms with E-state index in [1.54, 1.807) is 6.26 Å². The number of thioether (sulfide) groups is 1. The molecule has 0 saturated heterocycles. The van der Waals surface area contributed by atoms with Gasteiger partial charge >= 0.3 is 12.2 Å². The fraction of sp³-hybridized carbons (Fsp3) is 0.316. The van der Waals surface area contributed by atoms with E-state index in [0.29, 0.717) is 0 Å². The minimum absolute atomic E-state index is 0.00473. The van der Waals surface area contributed by atoms with Gasteiger partial charge in [-0.1, -0.05) is 6.07 Å². The number of carbonyl (C=O) groups is 2. The van der Waals surface area contributed by atoms with Crippen molar-refractivity contribution in [1.29, 1.82) is 5.26 Å². The Morgan fingerprint density at radius 3 is 2.58 bits per heavy atom. The number of nitrogens with two attached hydrogens (primary N) is 3. The summed E-state index contributed by atoms with van der Waals surface area (Å²) in [6.07, 6.45) is -2.82. The molecule has 7 N–H and O–H groups in total. The standard InChI is InChI=1S/C19H21F3N8O2S/c1-33-16-12(9-24)14(27-17(25)29-16)30(11-5-2-4-10(8-11)19(20,21)22)13(6-3-7-23)15(31)28-18(26)32/h2,4-5,8,13H,3,6-7,23H2,1H3,(H2,25,27,29)(H3,26,28,31,32)/t13-/m0/s1. The fourth-order valence-electron chi connectivity index (χ4n) is 3.04. The van der Waals surface area contributed by atoms with E-state index in [1.165, 1.54) is 6.07 Å². The zero-order chi connectivity index (χ0) is 24.8. The highest BCUT2D eigenvalue weighted by Gasteiger charge is 2.35. The molecule has 1 aromatic heterocycles. The summed E-state index contributed by atoms with van der Waals surface area (Å²) in [5.41, 5.74) is 15.2. The monoisotopic (exact) mass is 482 g/mol. The van der Waals surface area contributed by atoms with Gasteiger partial charge in [-0.25, -0.2) is 9.78 Å². The van der Waals surface area contributed by atoms with E-state index in [-0.39, 0.29) is 47.4 Å². The molecular weight excluding hydrogens is 461 g/mol. The number of nitrogens with zero attached hydrogens (tertiary/aromatic N) is 4. The van der Waals surface area contributed by atoms with Crippen LogP contribution in [-0.2, 0) is 11.0 Å². The molecule has 2 aromatic rings. The number of alkyl halides is 3. The predicted molar refractivity (Wildman–Crippen MR) is 116 cm³/mol. The molecule has 1 aromatic carbocycles. The Kier molecular flexibility index (Phi) is 8.44. The second-order valence-electron chi connectivity index (χ2n) is 6.62. The minimum Gasteiger partial charge on any atom is -0.368 e. The second kappa shape index (κ2) is 10.8. The molecule has 14 heteroatoms. The first kappa shape index (κ1) is 25.7. The highest BCUT2D eigenvalue weighted by Crippen LogP contribution is 2.37. The van der Waals surface area contributed by atoms with Crippen molar-refractivity contribution in [1.82, 2.24) is 15.3 Å². The first-order chi connectivity index (χ1) is 15.5. The first-order valence-electron chi connectivity index (χ1n) is 9.41. The molecule has 10 nitrogen and oxygen atoms in total. The number of rotatable bonds is 8. The summed E-state index contributed by atoms with van der Waals surface area (Å²) in [6, 6.07) is 3.55. The molecule has 0 bridgehead atoms. The quantitative estimate of drug-likeness (QED) is 0.324. The number of urea groups is 1. The van der Waals surface area contributed by atoms with Gasteiger partial charge in [0.15, 0.2) is 5.82 Å². The molecule has 0 spiro atoms. The summed E-state index contributed by atoms with van der Waals surface area (Å²) in [6.45, 7) is 0.143. The van der Waals surface area contributed by atoms with Gasteiger partial charge in [-0.2, -0.15) is 23.4 Å². The van der Waals surface area contributed by atoms with Crippen molar-refractivity contribution in [3.05, 3.63) is 35.4 Å². The number of imide groups is 1. The molecule has 0 saturated carbocycles. The van der Waals surface area contributed by atoms with Crippen LogP contribution in [0.1, 0.15) is 24.0 Å². The third-order valence-electron chi connectivity index (χ3n) is 4.40. The Morgan fingerprint density at radius 2 is 2.03 bits per heavy atom. The summed E-state index contributed by atoms with van der Waals surface area (Å²) in [7, 11) is 0. The lowest BCUT2D eigenvalue weighted by Gasteiger charge is -2.33. The molecule has 1 atom stereocenters. The van der Waals surface area contributed by atoms with Crippen molar-refractivity contribution in [3.8, 4) is 6.07 Å². The van der Waals surface area contributed by atoms with Gasteiger partial charge in [0.1, 0.15) is 22.7 Å². The Hall–Kier alpha value is -3.57. The lowest BCUT2D eigenvalue weighted by molar-refractivity contribution is -0.137. The van der Waals surface area contributed by atoms with Crippen LogP contribution >= 0.6 is 11.8 Å². The van der Waals surface area contributed by atoms with Crippen LogP contribution in [0.5, 0.6) is 0 Å². The molecule has 0 radical (unpaired) electrons. The fourth-order valence-corrected chi connectivity index (χ4v) is 3.57. The Labute approximate surface area is 191 Å². The lowest BCUT2D eigenvalue weighted by Crippen LogP contribution is -2.49. The molecule has 0 unspecified atom stereocenters. The van der Waals surface area contributed by atoms with E-state index in [2.05, 4.69) is 9.97 Å². The summed E-state index contributed by atoms with van der Waals surface area (Å²) >= 11 is 1.06. The van der Waals surface area contributed by atoms with Crippen molar-refractivity contribution >= 4 is 41.2 Å². The molecule has 0 aliphatic rings. The van der Waals surface area contributed by atoms with E-state index in [4.69, 9.17) is 17.2 Å². The Bertz CT molecular complexity index is 1070. The van der Waals surface area contributed by atoms with E-state index >= 15 is 0 Å². The number of primary amides is 1. The van der Waals surface area contributed by atoms with Crippen LogP contribution < -0.4 is 27.4 Å². The molecule has 2 rings (SSSR count). The van der Waals surface area contributed by atoms with Crippen molar-refractivity contribution in [2.45, 2.75) is 30.1 Å². The topological polar surface area (TPSA) is 177 Å². The number of halogens is 3. The second-order valence-corrected chi connectivity index (χ2v) is 7.41. The summed E-state index contributed by atoms with van der Waals surface area (Å²) < 4.78 is 40.3. The van der Waals surface area contributed by atoms with Gasteiger partial charge in [0.25, 0.3) is 5.91 Å². The number of aromatic nitrogens is 2. The van der Waals surface area contributed by atoms with Crippen LogP contribution in [0.3, 0.4) is 0 Å². The maximum Gasteiger partial charge on any atom is 0.416 e.